The lowest BCUT2D eigenvalue weighted by Crippen LogP contribution is -2.56. The summed E-state index contributed by atoms with van der Waals surface area (Å²) in [5.74, 6) is 0.0221. The van der Waals surface area contributed by atoms with Crippen LogP contribution in [0.5, 0.6) is 0 Å². The van der Waals surface area contributed by atoms with Crippen LogP contribution < -0.4 is 10.6 Å². The van der Waals surface area contributed by atoms with Crippen LogP contribution in [-0.4, -0.2) is 57.3 Å². The van der Waals surface area contributed by atoms with Gasteiger partial charge in [-0.3, -0.25) is 9.69 Å². The van der Waals surface area contributed by atoms with E-state index in [4.69, 9.17) is 9.63 Å². The van der Waals surface area contributed by atoms with Crippen LogP contribution in [-0.2, 0) is 11.3 Å². The lowest BCUT2D eigenvalue weighted by atomic mass is 9.85. The van der Waals surface area contributed by atoms with E-state index in [-0.39, 0.29) is 31.2 Å². The van der Waals surface area contributed by atoms with Gasteiger partial charge in [-0.25, -0.2) is 4.79 Å². The van der Waals surface area contributed by atoms with Crippen molar-refractivity contribution >= 4 is 23.3 Å². The van der Waals surface area contributed by atoms with Crippen molar-refractivity contribution in [3.8, 4) is 10.8 Å². The molecule has 1 saturated carbocycles. The van der Waals surface area contributed by atoms with Crippen molar-refractivity contribution in [3.05, 3.63) is 23.3 Å². The molecule has 0 aromatic carbocycles. The van der Waals surface area contributed by atoms with E-state index in [1.165, 1.54) is 11.3 Å². The molecule has 0 unspecified atom stereocenters. The van der Waals surface area contributed by atoms with Crippen LogP contribution in [0, 0.1) is 0 Å². The molecule has 3 N–H and O–H groups in total. The van der Waals surface area contributed by atoms with E-state index in [1.807, 2.05) is 29.3 Å². The van der Waals surface area contributed by atoms with Crippen molar-refractivity contribution in [3.63, 3.8) is 0 Å². The number of aromatic nitrogens is 2. The van der Waals surface area contributed by atoms with Crippen molar-refractivity contribution < 1.29 is 19.2 Å². The molecule has 0 atom stereocenters. The largest absolute Gasteiger partial charge is 0.480 e. The minimum absolute atomic E-state index is 0.0322. The van der Waals surface area contributed by atoms with Gasteiger partial charge in [0.15, 0.2) is 5.82 Å². The van der Waals surface area contributed by atoms with Crippen molar-refractivity contribution in [1.82, 2.24) is 25.7 Å². The number of hydrogen-bond donors (Lipinski definition) is 3. The van der Waals surface area contributed by atoms with E-state index in [2.05, 4.69) is 20.8 Å². The minimum Gasteiger partial charge on any atom is -0.480 e. The van der Waals surface area contributed by atoms with E-state index in [0.29, 0.717) is 18.3 Å². The minimum atomic E-state index is -0.831. The van der Waals surface area contributed by atoms with Gasteiger partial charge >= 0.3 is 12.0 Å². The molecule has 0 aliphatic heterocycles. The van der Waals surface area contributed by atoms with E-state index < -0.39 is 5.97 Å². The molecule has 2 heterocycles. The first-order chi connectivity index (χ1) is 12.5. The first-order valence-corrected chi connectivity index (χ1v) is 9.29. The van der Waals surface area contributed by atoms with Gasteiger partial charge in [-0.1, -0.05) is 18.1 Å². The maximum Gasteiger partial charge on any atom is 0.317 e. The van der Waals surface area contributed by atoms with Gasteiger partial charge in [0.25, 0.3) is 5.89 Å². The molecule has 0 radical (unpaired) electrons. The topological polar surface area (TPSA) is 121 Å². The van der Waals surface area contributed by atoms with Crippen molar-refractivity contribution in [2.24, 2.45) is 0 Å². The van der Waals surface area contributed by atoms with Gasteiger partial charge in [0, 0.05) is 12.1 Å². The van der Waals surface area contributed by atoms with Crippen molar-refractivity contribution in [1.29, 1.82) is 0 Å². The third-order valence-corrected chi connectivity index (χ3v) is 5.17. The molecule has 2 aromatic rings. The first kappa shape index (κ1) is 18.3. The molecule has 2 amide bonds. The lowest BCUT2D eigenvalue weighted by Gasteiger charge is -2.42. The second-order valence-corrected chi connectivity index (χ2v) is 7.05. The highest BCUT2D eigenvalue weighted by Gasteiger charge is 2.34. The third kappa shape index (κ3) is 4.58. The van der Waals surface area contributed by atoms with Crippen molar-refractivity contribution in [2.45, 2.75) is 38.4 Å². The maximum atomic E-state index is 12.0. The number of rotatable bonds is 8. The number of carbonyl (C=O) groups excluding carboxylic acids is 1. The summed E-state index contributed by atoms with van der Waals surface area (Å²) in [5, 5.41) is 20.2. The van der Waals surface area contributed by atoms with Crippen molar-refractivity contribution in [2.75, 3.05) is 13.1 Å². The smallest absolute Gasteiger partial charge is 0.317 e. The van der Waals surface area contributed by atoms with Crippen LogP contribution in [0.2, 0.25) is 0 Å². The quantitative estimate of drug-likeness (QED) is 0.636. The first-order valence-electron chi connectivity index (χ1n) is 8.41. The molecule has 9 nitrogen and oxygen atoms in total. The summed E-state index contributed by atoms with van der Waals surface area (Å²) in [5.41, 5.74) is 0. The Hall–Kier alpha value is -2.46. The van der Waals surface area contributed by atoms with Gasteiger partial charge in [0.1, 0.15) is 0 Å². The predicted octanol–water partition coefficient (Wildman–Crippen LogP) is 1.53. The number of aliphatic carboxylic acids is 1. The van der Waals surface area contributed by atoms with Crippen LogP contribution in [0.4, 0.5) is 4.79 Å². The van der Waals surface area contributed by atoms with Crippen LogP contribution in [0.15, 0.2) is 22.0 Å². The highest BCUT2D eigenvalue weighted by molar-refractivity contribution is 7.13. The number of carboxylic acid groups (broad SMARTS) is 1. The van der Waals surface area contributed by atoms with Gasteiger partial charge in [-0.15, -0.1) is 11.3 Å². The molecule has 1 aliphatic rings. The molecule has 2 aromatic heterocycles. The lowest BCUT2D eigenvalue weighted by molar-refractivity contribution is -0.139. The molecule has 0 saturated heterocycles. The molecule has 1 aliphatic carbocycles. The molecule has 0 spiro atoms. The Morgan fingerprint density at radius 2 is 2.27 bits per heavy atom. The fourth-order valence-corrected chi connectivity index (χ4v) is 3.54. The summed E-state index contributed by atoms with van der Waals surface area (Å²) in [6, 6.07) is 3.75. The summed E-state index contributed by atoms with van der Waals surface area (Å²) in [6.45, 7) is 2.83. The molecule has 3 rings (SSSR count). The van der Waals surface area contributed by atoms with E-state index in [9.17, 15) is 9.59 Å². The second-order valence-electron chi connectivity index (χ2n) is 6.10. The Morgan fingerprint density at radius 1 is 1.46 bits per heavy atom. The number of nitrogens with one attached hydrogen (secondary N) is 2. The van der Waals surface area contributed by atoms with E-state index in [0.717, 1.165) is 17.7 Å². The number of carbonyl (C=O) groups is 2. The molecular formula is C16H21N5O4S. The van der Waals surface area contributed by atoms with Crippen LogP contribution in [0.1, 0.15) is 25.6 Å². The Bertz CT molecular complexity index is 742. The zero-order valence-electron chi connectivity index (χ0n) is 14.3. The Labute approximate surface area is 154 Å². The summed E-state index contributed by atoms with van der Waals surface area (Å²) >= 11 is 1.50. The van der Waals surface area contributed by atoms with E-state index in [1.54, 1.807) is 0 Å². The summed E-state index contributed by atoms with van der Waals surface area (Å²) in [6.07, 6.45) is 1.50. The highest BCUT2D eigenvalue weighted by atomic mass is 32.1. The monoisotopic (exact) mass is 379 g/mol. The second kappa shape index (κ2) is 8.28. The van der Waals surface area contributed by atoms with Crippen LogP contribution >= 0.6 is 11.3 Å². The molecule has 1 fully saturated rings. The summed E-state index contributed by atoms with van der Waals surface area (Å²) in [7, 11) is 0. The molecule has 140 valence electrons. The van der Waals surface area contributed by atoms with Gasteiger partial charge in [-0.2, -0.15) is 4.98 Å². The highest BCUT2D eigenvalue weighted by Crippen LogP contribution is 2.25. The Morgan fingerprint density at radius 3 is 2.92 bits per heavy atom. The number of likely N-dealkylation sites (N-methyl/N-ethyl adjacent to an activating group) is 1. The number of thiophene rings is 1. The third-order valence-electron chi connectivity index (χ3n) is 4.32. The Balaban J connectivity index is 1.38. The van der Waals surface area contributed by atoms with Gasteiger partial charge in [-0.05, 0) is 30.8 Å². The molecule has 0 bridgehead atoms. The number of amides is 2. The summed E-state index contributed by atoms with van der Waals surface area (Å²) in [4.78, 5) is 29.8. The normalized spacial score (nSPS) is 19.2. The maximum absolute atomic E-state index is 12.0. The van der Waals surface area contributed by atoms with Gasteiger partial charge < -0.3 is 20.3 Å². The van der Waals surface area contributed by atoms with Gasteiger partial charge in [0.2, 0.25) is 0 Å². The Kier molecular flexibility index (Phi) is 5.84. The molecular weight excluding hydrogens is 358 g/mol. The van der Waals surface area contributed by atoms with Crippen LogP contribution in [0.3, 0.4) is 0 Å². The number of carboxylic acids is 1. The standard InChI is InChI=1S/C16H21N5O4S/c1-2-21(9-14(22)23)11-6-10(7-11)18-16(24)17-8-13-19-15(25-20-13)12-4-3-5-26-12/h3-5,10-11H,2,6-9H2,1H3,(H,22,23)(H2,17,18,24). The molecule has 10 heteroatoms. The zero-order valence-corrected chi connectivity index (χ0v) is 15.2. The average Bonchev–Trinajstić information content (AvgIpc) is 3.24. The predicted molar refractivity (Wildman–Crippen MR) is 94.7 cm³/mol. The molecule has 26 heavy (non-hydrogen) atoms. The summed E-state index contributed by atoms with van der Waals surface area (Å²) < 4.78 is 5.16. The zero-order chi connectivity index (χ0) is 18.5. The van der Waals surface area contributed by atoms with Gasteiger partial charge in [0.05, 0.1) is 18.0 Å². The number of hydrogen-bond acceptors (Lipinski definition) is 7. The van der Waals surface area contributed by atoms with E-state index >= 15 is 0 Å². The SMILES string of the molecule is CCN(CC(=O)O)C1CC(NC(=O)NCc2noc(-c3cccs3)n2)C1. The fraction of sp³-hybridized carbons (Fsp3) is 0.500. The average molecular weight is 379 g/mol. The number of urea groups is 1. The fourth-order valence-electron chi connectivity index (χ4n) is 2.90. The number of nitrogens with zero attached hydrogens (tertiary/aromatic N) is 3. The van der Waals surface area contributed by atoms with Crippen LogP contribution in [0.25, 0.3) is 10.8 Å².